The maximum atomic E-state index is 10.7. The highest BCUT2D eigenvalue weighted by Gasteiger charge is 2.43. The van der Waals surface area contributed by atoms with E-state index >= 15 is 0 Å². The average molecular weight is 299 g/mol. The Morgan fingerprint density at radius 1 is 1.30 bits per heavy atom. The van der Waals surface area contributed by atoms with Gasteiger partial charge in [-0.05, 0) is 30.9 Å². The van der Waals surface area contributed by atoms with Crippen LogP contribution in [0.2, 0.25) is 5.28 Å². The van der Waals surface area contributed by atoms with Crippen LogP contribution in [-0.4, -0.2) is 45.9 Å². The second-order valence-electron chi connectivity index (χ2n) is 5.63. The van der Waals surface area contributed by atoms with Gasteiger partial charge in [-0.2, -0.15) is 15.0 Å². The summed E-state index contributed by atoms with van der Waals surface area (Å²) in [4.78, 5) is 14.4. The Hall–Kier alpha value is -1.14. The summed E-state index contributed by atoms with van der Waals surface area (Å²) < 4.78 is 5.03. The van der Waals surface area contributed by atoms with Crippen molar-refractivity contribution in [2.24, 2.45) is 5.92 Å². The molecule has 0 bridgehead atoms. The predicted octanol–water partition coefficient (Wildman–Crippen LogP) is 1.66. The van der Waals surface area contributed by atoms with Crippen molar-refractivity contribution in [2.45, 2.75) is 37.7 Å². The first-order valence-electron chi connectivity index (χ1n) is 7.03. The van der Waals surface area contributed by atoms with Crippen molar-refractivity contribution < 1.29 is 9.84 Å². The van der Waals surface area contributed by atoms with Gasteiger partial charge < -0.3 is 14.7 Å². The van der Waals surface area contributed by atoms with Gasteiger partial charge in [0.15, 0.2) is 0 Å². The second-order valence-corrected chi connectivity index (χ2v) is 5.97. The molecule has 7 heteroatoms. The highest BCUT2D eigenvalue weighted by molar-refractivity contribution is 6.28. The Morgan fingerprint density at radius 2 is 2.15 bits per heavy atom. The second kappa shape index (κ2) is 5.33. The molecule has 2 aliphatic rings. The molecule has 2 fully saturated rings. The molecule has 1 saturated carbocycles. The van der Waals surface area contributed by atoms with E-state index in [1.54, 1.807) is 0 Å². The first-order valence-corrected chi connectivity index (χ1v) is 7.41. The van der Waals surface area contributed by atoms with Crippen molar-refractivity contribution in [2.75, 3.05) is 25.1 Å². The number of piperidine rings is 1. The molecule has 1 aliphatic carbocycles. The maximum Gasteiger partial charge on any atom is 0.322 e. The fourth-order valence-corrected chi connectivity index (χ4v) is 3.46. The molecule has 6 nitrogen and oxygen atoms in total. The lowest BCUT2D eigenvalue weighted by Gasteiger charge is -2.47. The number of fused-ring (bicyclic) bond motifs is 1. The van der Waals surface area contributed by atoms with Crippen molar-refractivity contribution in [3.8, 4) is 6.01 Å². The molecular formula is C13H19ClN4O2. The SMILES string of the molecule is COc1nc(Cl)nc(N2CCC3(O)CCCCC3C2)n1. The standard InChI is InChI=1S/C13H19ClN4O2/c1-20-12-16-10(14)15-11(17-12)18-7-6-13(19)5-3-2-4-9(13)8-18/h9,19H,2-8H2,1H3. The molecule has 110 valence electrons. The van der Waals surface area contributed by atoms with Crippen molar-refractivity contribution in [1.29, 1.82) is 0 Å². The predicted molar refractivity (Wildman–Crippen MR) is 75.1 cm³/mol. The molecule has 1 aromatic rings. The molecule has 3 rings (SSSR count). The van der Waals surface area contributed by atoms with E-state index in [1.807, 2.05) is 0 Å². The average Bonchev–Trinajstić information content (AvgIpc) is 2.45. The largest absolute Gasteiger partial charge is 0.467 e. The monoisotopic (exact) mass is 298 g/mol. The summed E-state index contributed by atoms with van der Waals surface area (Å²) >= 11 is 5.89. The Labute approximate surface area is 123 Å². The van der Waals surface area contributed by atoms with Crippen LogP contribution in [0.25, 0.3) is 0 Å². The molecular weight excluding hydrogens is 280 g/mol. The zero-order valence-electron chi connectivity index (χ0n) is 11.5. The van der Waals surface area contributed by atoms with E-state index in [2.05, 4.69) is 19.9 Å². The van der Waals surface area contributed by atoms with E-state index < -0.39 is 5.60 Å². The van der Waals surface area contributed by atoms with Gasteiger partial charge in [-0.15, -0.1) is 0 Å². The van der Waals surface area contributed by atoms with E-state index in [0.717, 1.165) is 38.8 Å². The first-order chi connectivity index (χ1) is 9.60. The molecule has 20 heavy (non-hydrogen) atoms. The van der Waals surface area contributed by atoms with Crippen LogP contribution in [0.15, 0.2) is 0 Å². The third-order valence-electron chi connectivity index (χ3n) is 4.47. The zero-order chi connectivity index (χ0) is 14.2. The quantitative estimate of drug-likeness (QED) is 0.895. The van der Waals surface area contributed by atoms with Crippen LogP contribution >= 0.6 is 11.6 Å². The molecule has 2 unspecified atom stereocenters. The number of aromatic nitrogens is 3. The molecule has 0 amide bonds. The smallest absolute Gasteiger partial charge is 0.322 e. The van der Waals surface area contributed by atoms with Gasteiger partial charge in [0.25, 0.3) is 0 Å². The van der Waals surface area contributed by atoms with Crippen LogP contribution in [0.1, 0.15) is 32.1 Å². The van der Waals surface area contributed by atoms with Gasteiger partial charge in [0.05, 0.1) is 12.7 Å². The molecule has 2 atom stereocenters. The first kappa shape index (κ1) is 13.8. The summed E-state index contributed by atoms with van der Waals surface area (Å²) in [7, 11) is 1.51. The lowest BCUT2D eigenvalue weighted by molar-refractivity contribution is -0.0614. The van der Waals surface area contributed by atoms with Crippen molar-refractivity contribution in [1.82, 2.24) is 15.0 Å². The topological polar surface area (TPSA) is 71.4 Å². The summed E-state index contributed by atoms with van der Waals surface area (Å²) in [5.74, 6) is 0.820. The lowest BCUT2D eigenvalue weighted by atomic mass is 9.71. The molecule has 0 spiro atoms. The Balaban J connectivity index is 1.80. The highest BCUT2D eigenvalue weighted by Crippen LogP contribution is 2.40. The number of halogens is 1. The molecule has 0 aromatic carbocycles. The maximum absolute atomic E-state index is 10.7. The molecule has 1 saturated heterocycles. The van der Waals surface area contributed by atoms with Gasteiger partial charge in [0.1, 0.15) is 0 Å². The van der Waals surface area contributed by atoms with Gasteiger partial charge in [0.2, 0.25) is 11.2 Å². The number of nitrogens with zero attached hydrogens (tertiary/aromatic N) is 4. The van der Waals surface area contributed by atoms with Gasteiger partial charge in [-0.3, -0.25) is 0 Å². The van der Waals surface area contributed by atoms with E-state index in [9.17, 15) is 5.11 Å². The van der Waals surface area contributed by atoms with Crippen LogP contribution in [0.5, 0.6) is 6.01 Å². The highest BCUT2D eigenvalue weighted by atomic mass is 35.5. The lowest BCUT2D eigenvalue weighted by Crippen LogP contribution is -2.53. The van der Waals surface area contributed by atoms with E-state index in [1.165, 1.54) is 13.5 Å². The van der Waals surface area contributed by atoms with Crippen LogP contribution in [0.3, 0.4) is 0 Å². The van der Waals surface area contributed by atoms with Crippen LogP contribution in [0.4, 0.5) is 5.95 Å². The minimum atomic E-state index is -0.504. The van der Waals surface area contributed by atoms with Gasteiger partial charge in [-0.25, -0.2) is 0 Å². The molecule has 1 aliphatic heterocycles. The number of aliphatic hydroxyl groups is 1. The summed E-state index contributed by atoms with van der Waals surface area (Å²) in [5, 5.41) is 10.8. The van der Waals surface area contributed by atoms with Gasteiger partial charge >= 0.3 is 6.01 Å². The minimum Gasteiger partial charge on any atom is -0.467 e. The van der Waals surface area contributed by atoms with Crippen LogP contribution < -0.4 is 9.64 Å². The molecule has 2 heterocycles. The molecule has 1 N–H and O–H groups in total. The number of hydrogen-bond acceptors (Lipinski definition) is 6. The summed E-state index contributed by atoms with van der Waals surface area (Å²) in [6.45, 7) is 1.50. The number of rotatable bonds is 2. The molecule has 1 aromatic heterocycles. The Bertz CT molecular complexity index is 501. The number of hydrogen-bond donors (Lipinski definition) is 1. The Morgan fingerprint density at radius 3 is 2.95 bits per heavy atom. The fourth-order valence-electron chi connectivity index (χ4n) is 3.31. The number of ether oxygens (including phenoxy) is 1. The summed E-state index contributed by atoms with van der Waals surface area (Å²) in [6.07, 6.45) is 5.03. The summed E-state index contributed by atoms with van der Waals surface area (Å²) in [5.41, 5.74) is -0.504. The Kier molecular flexibility index (Phi) is 3.69. The summed E-state index contributed by atoms with van der Waals surface area (Å²) in [6, 6.07) is 0.226. The number of methoxy groups -OCH3 is 1. The molecule has 0 radical (unpaired) electrons. The van der Waals surface area contributed by atoms with Crippen molar-refractivity contribution in [3.05, 3.63) is 5.28 Å². The number of anilines is 1. The normalized spacial score (nSPS) is 29.9. The van der Waals surface area contributed by atoms with Crippen LogP contribution in [0, 0.1) is 5.92 Å². The van der Waals surface area contributed by atoms with E-state index in [0.29, 0.717) is 5.95 Å². The fraction of sp³-hybridized carbons (Fsp3) is 0.769. The minimum absolute atomic E-state index is 0.135. The third-order valence-corrected chi connectivity index (χ3v) is 4.64. The van der Waals surface area contributed by atoms with E-state index in [-0.39, 0.29) is 17.2 Å². The van der Waals surface area contributed by atoms with Crippen molar-refractivity contribution in [3.63, 3.8) is 0 Å². The zero-order valence-corrected chi connectivity index (χ0v) is 12.3. The van der Waals surface area contributed by atoms with Crippen LogP contribution in [-0.2, 0) is 0 Å². The van der Waals surface area contributed by atoms with Gasteiger partial charge in [0, 0.05) is 19.0 Å². The van der Waals surface area contributed by atoms with Crippen molar-refractivity contribution >= 4 is 17.5 Å². The van der Waals surface area contributed by atoms with E-state index in [4.69, 9.17) is 16.3 Å². The van der Waals surface area contributed by atoms with Gasteiger partial charge in [-0.1, -0.05) is 12.8 Å². The third kappa shape index (κ3) is 2.54.